The second-order valence-corrected chi connectivity index (χ2v) is 8.40. The third-order valence-electron chi connectivity index (χ3n) is 5.42. The highest BCUT2D eigenvalue weighted by atomic mass is 32.2. The first-order chi connectivity index (χ1) is 12.7. The largest absolute Gasteiger partial charge is 0.465 e. The van der Waals surface area contributed by atoms with E-state index in [0.29, 0.717) is 12.0 Å². The molecule has 0 aromatic carbocycles. The van der Waals surface area contributed by atoms with Crippen LogP contribution in [0, 0.1) is 6.92 Å². The number of ether oxygens (including phenoxy) is 1. The van der Waals surface area contributed by atoms with E-state index in [0.717, 1.165) is 67.3 Å². The quantitative estimate of drug-likeness (QED) is 0.721. The predicted molar refractivity (Wildman–Crippen MR) is 101 cm³/mol. The zero-order chi connectivity index (χ0) is 17.9. The summed E-state index contributed by atoms with van der Waals surface area (Å²) in [5.74, 6) is 4.66. The Hall–Kier alpha value is -1.31. The van der Waals surface area contributed by atoms with Crippen molar-refractivity contribution in [1.82, 2.24) is 19.7 Å². The smallest absolute Gasteiger partial charge is 0.191 e. The molecule has 0 amide bonds. The Balaban J connectivity index is 1.29. The van der Waals surface area contributed by atoms with Crippen LogP contribution in [0.15, 0.2) is 21.7 Å². The first-order valence-electron chi connectivity index (χ1n) is 9.60. The molecular formula is C19H28N4O2S. The van der Waals surface area contributed by atoms with Crippen LogP contribution < -0.4 is 0 Å². The van der Waals surface area contributed by atoms with Gasteiger partial charge in [-0.15, -0.1) is 10.2 Å². The zero-order valence-electron chi connectivity index (χ0n) is 15.7. The van der Waals surface area contributed by atoms with Crippen LogP contribution in [0.3, 0.4) is 0 Å². The zero-order valence-corrected chi connectivity index (χ0v) is 16.5. The SMILES string of the molecule is Cc1ccc(CN2CCC(c3nnc(SCC4CCCO4)n3C)CC2)o1. The van der Waals surface area contributed by atoms with Crippen LogP contribution in [0.1, 0.15) is 48.9 Å². The highest BCUT2D eigenvalue weighted by Crippen LogP contribution is 2.30. The van der Waals surface area contributed by atoms with E-state index in [2.05, 4.69) is 32.8 Å². The topological polar surface area (TPSA) is 56.3 Å². The maximum Gasteiger partial charge on any atom is 0.191 e. The molecule has 0 spiro atoms. The second-order valence-electron chi connectivity index (χ2n) is 7.41. The maximum absolute atomic E-state index is 5.71. The normalized spacial score (nSPS) is 22.3. The molecule has 0 N–H and O–H groups in total. The van der Waals surface area contributed by atoms with Crippen LogP contribution in [0.2, 0.25) is 0 Å². The third kappa shape index (κ3) is 4.15. The summed E-state index contributed by atoms with van der Waals surface area (Å²) in [5.41, 5.74) is 0. The minimum absolute atomic E-state index is 0.383. The first-order valence-corrected chi connectivity index (χ1v) is 10.6. The maximum atomic E-state index is 5.71. The Morgan fingerprint density at radius 3 is 2.73 bits per heavy atom. The fraction of sp³-hybridized carbons (Fsp3) is 0.684. The standard InChI is InChI=1S/C19H28N4O2S/c1-14-5-6-16(25-14)12-23-9-7-15(8-10-23)18-20-21-19(22(18)2)26-13-17-4-3-11-24-17/h5-6,15,17H,3-4,7-13H2,1-2H3. The molecule has 2 aliphatic heterocycles. The van der Waals surface area contributed by atoms with Gasteiger partial charge in [-0.2, -0.15) is 0 Å². The van der Waals surface area contributed by atoms with Crippen molar-refractivity contribution in [3.8, 4) is 0 Å². The molecule has 0 bridgehead atoms. The molecule has 0 aliphatic carbocycles. The lowest BCUT2D eigenvalue weighted by atomic mass is 9.96. The molecule has 26 heavy (non-hydrogen) atoms. The number of furan rings is 1. The summed E-state index contributed by atoms with van der Waals surface area (Å²) >= 11 is 1.78. The minimum atomic E-state index is 0.383. The van der Waals surface area contributed by atoms with Gasteiger partial charge in [-0.25, -0.2) is 0 Å². The Bertz CT molecular complexity index is 715. The molecule has 2 fully saturated rings. The van der Waals surface area contributed by atoms with Crippen LogP contribution in [-0.2, 0) is 18.3 Å². The van der Waals surface area contributed by atoms with E-state index < -0.39 is 0 Å². The number of hydrogen-bond donors (Lipinski definition) is 0. The van der Waals surface area contributed by atoms with E-state index in [1.807, 2.05) is 13.0 Å². The number of aromatic nitrogens is 3. The van der Waals surface area contributed by atoms with Crippen molar-refractivity contribution in [1.29, 1.82) is 0 Å². The van der Waals surface area contributed by atoms with E-state index in [9.17, 15) is 0 Å². The van der Waals surface area contributed by atoms with Gasteiger partial charge in [0, 0.05) is 25.3 Å². The summed E-state index contributed by atoms with van der Waals surface area (Å²) in [6.45, 7) is 5.97. The number of thioether (sulfide) groups is 1. The van der Waals surface area contributed by atoms with Crippen molar-refractivity contribution in [2.75, 3.05) is 25.4 Å². The van der Waals surface area contributed by atoms with Crippen molar-refractivity contribution in [2.24, 2.45) is 7.05 Å². The van der Waals surface area contributed by atoms with Gasteiger partial charge in [0.2, 0.25) is 0 Å². The molecule has 2 saturated heterocycles. The summed E-state index contributed by atoms with van der Waals surface area (Å²) in [4.78, 5) is 2.47. The fourth-order valence-electron chi connectivity index (χ4n) is 3.89. The molecule has 2 aromatic rings. The Kier molecular flexibility index (Phi) is 5.66. The van der Waals surface area contributed by atoms with Crippen LogP contribution in [0.4, 0.5) is 0 Å². The number of rotatable bonds is 6. The van der Waals surface area contributed by atoms with Crippen molar-refractivity contribution < 1.29 is 9.15 Å². The van der Waals surface area contributed by atoms with Gasteiger partial charge in [-0.1, -0.05) is 11.8 Å². The molecular weight excluding hydrogens is 348 g/mol. The average molecular weight is 377 g/mol. The molecule has 142 valence electrons. The molecule has 6 nitrogen and oxygen atoms in total. The van der Waals surface area contributed by atoms with Crippen LogP contribution in [0.5, 0.6) is 0 Å². The molecule has 0 saturated carbocycles. The molecule has 1 atom stereocenters. The van der Waals surface area contributed by atoms with E-state index in [1.165, 1.54) is 12.8 Å². The Morgan fingerprint density at radius 2 is 2.04 bits per heavy atom. The summed E-state index contributed by atoms with van der Waals surface area (Å²) in [5, 5.41) is 9.96. The van der Waals surface area contributed by atoms with Gasteiger partial charge in [0.05, 0.1) is 12.6 Å². The van der Waals surface area contributed by atoms with Crippen molar-refractivity contribution in [3.63, 3.8) is 0 Å². The van der Waals surface area contributed by atoms with Crippen LogP contribution >= 0.6 is 11.8 Å². The van der Waals surface area contributed by atoms with Crippen molar-refractivity contribution >= 4 is 11.8 Å². The molecule has 4 heterocycles. The van der Waals surface area contributed by atoms with Gasteiger partial charge in [-0.3, -0.25) is 4.90 Å². The molecule has 2 aliphatic rings. The van der Waals surface area contributed by atoms with Gasteiger partial charge in [-0.05, 0) is 57.8 Å². The van der Waals surface area contributed by atoms with Crippen LogP contribution in [0.25, 0.3) is 0 Å². The molecule has 1 unspecified atom stereocenters. The third-order valence-corrected chi connectivity index (χ3v) is 6.57. The Morgan fingerprint density at radius 1 is 1.19 bits per heavy atom. The first kappa shape index (κ1) is 18.1. The lowest BCUT2D eigenvalue weighted by Gasteiger charge is -2.30. The van der Waals surface area contributed by atoms with Gasteiger partial charge in [0.1, 0.15) is 17.3 Å². The van der Waals surface area contributed by atoms with E-state index in [4.69, 9.17) is 9.15 Å². The van der Waals surface area contributed by atoms with Crippen molar-refractivity contribution in [2.45, 2.75) is 56.3 Å². The highest BCUT2D eigenvalue weighted by Gasteiger charge is 2.26. The summed E-state index contributed by atoms with van der Waals surface area (Å²) in [7, 11) is 2.10. The van der Waals surface area contributed by atoms with Gasteiger partial charge < -0.3 is 13.7 Å². The monoisotopic (exact) mass is 376 g/mol. The number of nitrogens with zero attached hydrogens (tertiary/aromatic N) is 4. The second kappa shape index (κ2) is 8.15. The van der Waals surface area contributed by atoms with E-state index in [-0.39, 0.29) is 0 Å². The predicted octanol–water partition coefficient (Wildman–Crippen LogP) is 3.37. The number of aryl methyl sites for hydroxylation is 1. The molecule has 0 radical (unpaired) electrons. The average Bonchev–Trinajstić information content (AvgIpc) is 3.37. The number of piperidine rings is 1. The summed E-state index contributed by atoms with van der Waals surface area (Å²) in [6, 6.07) is 4.12. The molecule has 7 heteroatoms. The van der Waals surface area contributed by atoms with Crippen molar-refractivity contribution in [3.05, 3.63) is 29.5 Å². The van der Waals surface area contributed by atoms with Crippen LogP contribution in [-0.4, -0.2) is 51.2 Å². The number of hydrogen-bond acceptors (Lipinski definition) is 6. The van der Waals surface area contributed by atoms with E-state index >= 15 is 0 Å². The van der Waals surface area contributed by atoms with Gasteiger partial charge in [0.25, 0.3) is 0 Å². The summed E-state index contributed by atoms with van der Waals surface area (Å²) in [6.07, 6.45) is 5.00. The molecule has 4 rings (SSSR count). The lowest BCUT2D eigenvalue weighted by molar-refractivity contribution is 0.129. The van der Waals surface area contributed by atoms with E-state index in [1.54, 1.807) is 11.8 Å². The highest BCUT2D eigenvalue weighted by molar-refractivity contribution is 7.99. The molecule has 2 aromatic heterocycles. The summed E-state index contributed by atoms with van der Waals surface area (Å²) < 4.78 is 13.6. The lowest BCUT2D eigenvalue weighted by Crippen LogP contribution is -2.33. The number of likely N-dealkylation sites (tertiary alicyclic amines) is 1. The Labute approximate surface area is 159 Å². The van der Waals surface area contributed by atoms with Gasteiger partial charge in [0.15, 0.2) is 5.16 Å². The fourth-order valence-corrected chi connectivity index (χ4v) is 4.87. The minimum Gasteiger partial charge on any atom is -0.465 e. The van der Waals surface area contributed by atoms with Gasteiger partial charge >= 0.3 is 0 Å².